The maximum absolute atomic E-state index is 12.1. The third kappa shape index (κ3) is 3.11. The Bertz CT molecular complexity index is 1030. The molecule has 6 heteroatoms. The lowest BCUT2D eigenvalue weighted by Gasteiger charge is -2.29. The van der Waals surface area contributed by atoms with E-state index in [0.717, 1.165) is 40.9 Å². The summed E-state index contributed by atoms with van der Waals surface area (Å²) in [6.07, 6.45) is 5.44. The van der Waals surface area contributed by atoms with Gasteiger partial charge < -0.3 is 15.6 Å². The molecule has 2 aromatic rings. The van der Waals surface area contributed by atoms with E-state index in [1.165, 1.54) is 23.4 Å². The highest BCUT2D eigenvalue weighted by atomic mass is 28.3. The molecule has 0 aliphatic carbocycles. The lowest BCUT2D eigenvalue weighted by Crippen LogP contribution is -2.34. The Morgan fingerprint density at radius 3 is 2.82 bits per heavy atom. The minimum absolute atomic E-state index is 0.0414. The van der Waals surface area contributed by atoms with Crippen molar-refractivity contribution in [1.82, 2.24) is 9.88 Å². The molecule has 2 aliphatic heterocycles. The lowest BCUT2D eigenvalue weighted by molar-refractivity contribution is -0.125. The molecule has 3 N–H and O–H groups in total. The number of nitrogens with one attached hydrogen (secondary N) is 1. The minimum atomic E-state index is -1.31. The zero-order valence-corrected chi connectivity index (χ0v) is 17.6. The highest BCUT2D eigenvalue weighted by molar-refractivity contribution is 6.77. The Labute approximate surface area is 166 Å². The van der Waals surface area contributed by atoms with E-state index in [0.29, 0.717) is 18.7 Å². The molecule has 0 bridgehead atoms. The summed E-state index contributed by atoms with van der Waals surface area (Å²) < 4.78 is 0. The lowest BCUT2D eigenvalue weighted by atomic mass is 9.93. The molecule has 0 unspecified atom stereocenters. The van der Waals surface area contributed by atoms with Gasteiger partial charge in [0.05, 0.1) is 19.2 Å². The van der Waals surface area contributed by atoms with Gasteiger partial charge in [0.15, 0.2) is 0 Å². The fourth-order valence-electron chi connectivity index (χ4n) is 4.59. The van der Waals surface area contributed by atoms with Crippen molar-refractivity contribution in [3.8, 4) is 0 Å². The second-order valence-corrected chi connectivity index (χ2v) is 13.9. The first-order valence-corrected chi connectivity index (χ1v) is 13.3. The van der Waals surface area contributed by atoms with E-state index < -0.39 is 14.0 Å². The van der Waals surface area contributed by atoms with Crippen LogP contribution in [0, 0.1) is 0 Å². The van der Waals surface area contributed by atoms with Crippen LogP contribution >= 0.6 is 0 Å². The van der Waals surface area contributed by atoms with Gasteiger partial charge >= 0.3 is 0 Å². The second kappa shape index (κ2) is 6.78. The number of carbonyl (C=O) groups excluding carboxylic acids is 2. The third-order valence-corrected chi connectivity index (χ3v) is 9.02. The first kappa shape index (κ1) is 18.7. The SMILES string of the molecule is C=CC(=O)N1CCC=C(c2ccc(C(N)=O)c3[nH]c4c(c23)C[Si](C)(C)CC4)C1. The van der Waals surface area contributed by atoms with Crippen molar-refractivity contribution in [2.24, 2.45) is 5.73 Å². The Balaban J connectivity index is 1.90. The van der Waals surface area contributed by atoms with Crippen LogP contribution in [0.5, 0.6) is 0 Å². The fraction of sp³-hybridized carbons (Fsp3) is 0.364. The van der Waals surface area contributed by atoms with E-state index in [1.807, 2.05) is 17.0 Å². The number of carbonyl (C=O) groups is 2. The predicted octanol–water partition coefficient (Wildman–Crippen LogP) is 3.41. The van der Waals surface area contributed by atoms with Crippen molar-refractivity contribution < 1.29 is 9.59 Å². The van der Waals surface area contributed by atoms with E-state index in [2.05, 4.69) is 30.7 Å². The fourth-order valence-corrected chi connectivity index (χ4v) is 7.04. The molecule has 1 aromatic heterocycles. The van der Waals surface area contributed by atoms with Gasteiger partial charge in [-0.1, -0.05) is 37.9 Å². The van der Waals surface area contributed by atoms with Gasteiger partial charge in [0.1, 0.15) is 0 Å². The van der Waals surface area contributed by atoms with Crippen LogP contribution in [0.2, 0.25) is 19.1 Å². The zero-order chi connectivity index (χ0) is 20.1. The summed E-state index contributed by atoms with van der Waals surface area (Å²) in [5, 5.41) is 1.13. The predicted molar refractivity (Wildman–Crippen MR) is 116 cm³/mol. The average molecular weight is 394 g/mol. The summed E-state index contributed by atoms with van der Waals surface area (Å²) >= 11 is 0. The number of nitrogens with two attached hydrogens (primary N) is 1. The van der Waals surface area contributed by atoms with Crippen LogP contribution in [-0.2, 0) is 17.3 Å². The number of rotatable bonds is 3. The standard InChI is InChI=1S/C22H27N3O2Si/c1-4-19(26)25-10-5-6-14(12-25)15-7-8-16(22(23)27)21-20(15)17-13-28(2,3)11-9-18(17)24-21/h4,6-8,24H,1,5,9-13H2,2-3H3,(H2,23,27). The maximum Gasteiger partial charge on any atom is 0.250 e. The molecular weight excluding hydrogens is 366 g/mol. The van der Waals surface area contributed by atoms with Gasteiger partial charge in [-0.2, -0.15) is 0 Å². The van der Waals surface area contributed by atoms with E-state index in [-0.39, 0.29) is 5.91 Å². The highest BCUT2D eigenvalue weighted by Gasteiger charge is 2.32. The van der Waals surface area contributed by atoms with Crippen LogP contribution in [0.4, 0.5) is 0 Å². The minimum Gasteiger partial charge on any atom is -0.366 e. The number of benzene rings is 1. The van der Waals surface area contributed by atoms with Crippen LogP contribution in [0.3, 0.4) is 0 Å². The van der Waals surface area contributed by atoms with Crippen molar-refractivity contribution in [2.45, 2.75) is 38.0 Å². The number of aromatic nitrogens is 1. The van der Waals surface area contributed by atoms with Crippen LogP contribution < -0.4 is 5.73 Å². The second-order valence-electron chi connectivity index (χ2n) is 8.68. The molecule has 4 rings (SSSR count). The normalized spacial score (nSPS) is 18.5. The van der Waals surface area contributed by atoms with Crippen molar-refractivity contribution in [3.05, 3.63) is 53.2 Å². The molecule has 2 aliphatic rings. The summed E-state index contributed by atoms with van der Waals surface area (Å²) in [6, 6.07) is 6.17. The number of primary amides is 1. The zero-order valence-electron chi connectivity index (χ0n) is 16.6. The summed E-state index contributed by atoms with van der Waals surface area (Å²) in [6.45, 7) is 9.75. The number of hydrogen-bond donors (Lipinski definition) is 2. The summed E-state index contributed by atoms with van der Waals surface area (Å²) in [7, 11) is -1.31. The molecule has 0 saturated heterocycles. The number of hydrogen-bond acceptors (Lipinski definition) is 2. The number of nitrogens with zero attached hydrogens (tertiary/aromatic N) is 1. The van der Waals surface area contributed by atoms with Gasteiger partial charge in [-0.05, 0) is 47.7 Å². The summed E-state index contributed by atoms with van der Waals surface area (Å²) in [5.41, 5.74) is 11.9. The molecule has 0 atom stereocenters. The van der Waals surface area contributed by atoms with Crippen molar-refractivity contribution in [1.29, 1.82) is 0 Å². The largest absolute Gasteiger partial charge is 0.366 e. The molecule has 146 valence electrons. The Morgan fingerprint density at radius 1 is 1.32 bits per heavy atom. The highest BCUT2D eigenvalue weighted by Crippen LogP contribution is 2.39. The van der Waals surface area contributed by atoms with E-state index in [9.17, 15) is 9.59 Å². The van der Waals surface area contributed by atoms with E-state index in [4.69, 9.17) is 5.73 Å². The number of aryl methyl sites for hydroxylation is 1. The van der Waals surface area contributed by atoms with E-state index in [1.54, 1.807) is 0 Å². The quantitative estimate of drug-likeness (QED) is 0.619. The number of H-pyrrole nitrogens is 1. The van der Waals surface area contributed by atoms with Crippen LogP contribution in [0.1, 0.15) is 33.6 Å². The maximum atomic E-state index is 12.1. The summed E-state index contributed by atoms with van der Waals surface area (Å²) in [5.74, 6) is -0.451. The van der Waals surface area contributed by atoms with Crippen molar-refractivity contribution in [3.63, 3.8) is 0 Å². The molecule has 2 amide bonds. The molecule has 0 spiro atoms. The van der Waals surface area contributed by atoms with Crippen molar-refractivity contribution >= 4 is 36.4 Å². The smallest absolute Gasteiger partial charge is 0.250 e. The van der Waals surface area contributed by atoms with Crippen molar-refractivity contribution in [2.75, 3.05) is 13.1 Å². The average Bonchev–Trinajstić information content (AvgIpc) is 3.04. The molecule has 0 saturated carbocycles. The molecule has 1 aromatic carbocycles. The van der Waals surface area contributed by atoms with Crippen LogP contribution in [0.15, 0.2) is 30.9 Å². The van der Waals surface area contributed by atoms with Gasteiger partial charge in [0.25, 0.3) is 5.91 Å². The molecule has 0 radical (unpaired) electrons. The number of fused-ring (bicyclic) bond motifs is 3. The molecular formula is C22H27N3O2Si. The Hall–Kier alpha value is -2.60. The Kier molecular flexibility index (Phi) is 4.54. The monoisotopic (exact) mass is 393 g/mol. The first-order valence-electron chi connectivity index (χ1n) is 9.88. The topological polar surface area (TPSA) is 79.2 Å². The van der Waals surface area contributed by atoms with Crippen LogP contribution in [0.25, 0.3) is 16.5 Å². The van der Waals surface area contributed by atoms with Gasteiger partial charge in [-0.3, -0.25) is 9.59 Å². The number of amides is 2. The van der Waals surface area contributed by atoms with E-state index >= 15 is 0 Å². The molecule has 3 heterocycles. The first-order chi connectivity index (χ1) is 13.3. The molecule has 28 heavy (non-hydrogen) atoms. The third-order valence-electron chi connectivity index (χ3n) is 6.10. The number of aromatic amines is 1. The summed E-state index contributed by atoms with van der Waals surface area (Å²) in [4.78, 5) is 29.5. The molecule has 0 fully saturated rings. The van der Waals surface area contributed by atoms with Gasteiger partial charge in [-0.25, -0.2) is 0 Å². The molecule has 5 nitrogen and oxygen atoms in total. The van der Waals surface area contributed by atoms with Gasteiger partial charge in [0.2, 0.25) is 5.91 Å². The van der Waals surface area contributed by atoms with Gasteiger partial charge in [0, 0.05) is 24.2 Å². The van der Waals surface area contributed by atoms with Crippen LogP contribution in [-0.4, -0.2) is 42.9 Å². The van der Waals surface area contributed by atoms with Gasteiger partial charge in [-0.15, -0.1) is 0 Å². The Morgan fingerprint density at radius 2 is 2.11 bits per heavy atom.